The number of thiophene rings is 1. The third-order valence-corrected chi connectivity index (χ3v) is 7.76. The number of hydrogen-bond acceptors (Lipinski definition) is 6. The van der Waals surface area contributed by atoms with Gasteiger partial charge in [-0.15, -0.1) is 11.3 Å². The van der Waals surface area contributed by atoms with Gasteiger partial charge in [0.05, 0.1) is 11.4 Å². The first-order valence-electron chi connectivity index (χ1n) is 12.8. The molecule has 234 valence electrons. The predicted molar refractivity (Wildman–Crippen MR) is 150 cm³/mol. The number of benzene rings is 2. The smallest absolute Gasteiger partial charge is 0.365 e. The van der Waals surface area contributed by atoms with Gasteiger partial charge < -0.3 is 11.1 Å². The van der Waals surface area contributed by atoms with Crippen LogP contribution in [0.1, 0.15) is 31.5 Å². The highest BCUT2D eigenvalue weighted by molar-refractivity contribution is 7.21. The van der Waals surface area contributed by atoms with Crippen molar-refractivity contribution >= 4 is 44.7 Å². The van der Waals surface area contributed by atoms with E-state index in [1.165, 1.54) is 24.3 Å². The van der Waals surface area contributed by atoms with E-state index < -0.39 is 63.4 Å². The molecule has 0 aliphatic rings. The highest BCUT2D eigenvalue weighted by Crippen LogP contribution is 2.44. The van der Waals surface area contributed by atoms with Crippen LogP contribution in [0.3, 0.4) is 0 Å². The van der Waals surface area contributed by atoms with Crippen LogP contribution in [0.25, 0.3) is 38.2 Å². The van der Waals surface area contributed by atoms with Crippen LogP contribution in [0.5, 0.6) is 0 Å². The van der Waals surface area contributed by atoms with Crippen molar-refractivity contribution in [3.8, 4) is 22.4 Å². The number of primary amides is 1. The molecule has 0 aliphatic carbocycles. The topological polar surface area (TPSA) is 115 Å². The fourth-order valence-electron chi connectivity index (χ4n) is 4.63. The third-order valence-electron chi connectivity index (χ3n) is 6.66. The van der Waals surface area contributed by atoms with Crippen LogP contribution in [0.4, 0.5) is 40.8 Å². The average molecular weight is 663 g/mol. The first kappa shape index (κ1) is 30.6. The summed E-state index contributed by atoms with van der Waals surface area (Å²) in [5.74, 6) is -3.65. The Kier molecular flexibility index (Phi) is 7.22. The normalized spacial score (nSPS) is 12.2. The number of fused-ring (bicyclic) bond motifs is 2. The minimum atomic E-state index is -4.98. The Balaban J connectivity index is 1.50. The van der Waals surface area contributed by atoms with Crippen LogP contribution in [0.2, 0.25) is 0 Å². The van der Waals surface area contributed by atoms with Gasteiger partial charge >= 0.3 is 12.4 Å². The Bertz CT molecular complexity index is 2170. The van der Waals surface area contributed by atoms with Gasteiger partial charge in [0.25, 0.3) is 11.8 Å². The molecule has 0 spiro atoms. The number of nitrogens with one attached hydrogen (secondary N) is 1. The number of anilines is 1. The summed E-state index contributed by atoms with van der Waals surface area (Å²) in [5.41, 5.74) is 1.17. The minimum Gasteiger partial charge on any atom is -0.365 e. The first-order valence-corrected chi connectivity index (χ1v) is 13.6. The Morgan fingerprint density at radius 2 is 1.41 bits per heavy atom. The van der Waals surface area contributed by atoms with Crippen molar-refractivity contribution in [1.29, 1.82) is 0 Å². The molecule has 0 radical (unpaired) electrons. The molecule has 4 heterocycles. The highest BCUT2D eigenvalue weighted by atomic mass is 32.1. The van der Waals surface area contributed by atoms with Gasteiger partial charge in [-0.25, -0.2) is 23.3 Å². The fraction of sp³-hybridized carbons (Fsp3) is 0.0690. The van der Waals surface area contributed by atoms with Gasteiger partial charge in [0.15, 0.2) is 17.0 Å². The Morgan fingerprint density at radius 1 is 0.804 bits per heavy atom. The van der Waals surface area contributed by atoms with E-state index in [-0.39, 0.29) is 38.3 Å². The summed E-state index contributed by atoms with van der Waals surface area (Å²) in [5, 5.41) is 5.91. The van der Waals surface area contributed by atoms with Crippen LogP contribution < -0.4 is 11.1 Å². The molecule has 2 amide bonds. The number of nitrogens with zero attached hydrogens (tertiary/aromatic N) is 4. The summed E-state index contributed by atoms with van der Waals surface area (Å²) in [6.45, 7) is 0. The van der Waals surface area contributed by atoms with E-state index in [2.05, 4.69) is 20.4 Å². The molecule has 8 nitrogen and oxygen atoms in total. The molecule has 0 unspecified atom stereocenters. The van der Waals surface area contributed by atoms with E-state index >= 15 is 0 Å². The van der Waals surface area contributed by atoms with Gasteiger partial charge in [0.2, 0.25) is 0 Å². The van der Waals surface area contributed by atoms with E-state index in [9.17, 15) is 44.7 Å². The van der Waals surface area contributed by atoms with Crippen molar-refractivity contribution in [3.05, 3.63) is 100 Å². The fourth-order valence-corrected chi connectivity index (χ4v) is 5.63. The van der Waals surface area contributed by atoms with Gasteiger partial charge in [-0.1, -0.05) is 12.1 Å². The van der Waals surface area contributed by atoms with Crippen molar-refractivity contribution < 1.29 is 44.7 Å². The predicted octanol–water partition coefficient (Wildman–Crippen LogP) is 7.34. The molecule has 0 aliphatic heterocycles. The summed E-state index contributed by atoms with van der Waals surface area (Å²) in [4.78, 5) is 32.7. The molecule has 4 aromatic heterocycles. The number of amides is 2. The summed E-state index contributed by atoms with van der Waals surface area (Å²) >= 11 is 0.435. The molecule has 6 rings (SSSR count). The number of halogens is 8. The Hall–Kier alpha value is -5.45. The van der Waals surface area contributed by atoms with Crippen molar-refractivity contribution in [1.82, 2.24) is 19.6 Å². The first-order chi connectivity index (χ1) is 21.6. The van der Waals surface area contributed by atoms with Crippen LogP contribution in [0.15, 0.2) is 66.7 Å². The van der Waals surface area contributed by atoms with Crippen LogP contribution in [-0.2, 0) is 12.4 Å². The molecule has 0 saturated heterocycles. The molecule has 0 saturated carbocycles. The molecule has 3 N–H and O–H groups in total. The molecule has 0 atom stereocenters. The van der Waals surface area contributed by atoms with Crippen LogP contribution >= 0.6 is 11.3 Å². The Labute approximate surface area is 255 Å². The lowest BCUT2D eigenvalue weighted by molar-refractivity contribution is -0.143. The maximum atomic E-state index is 14.0. The molecule has 17 heteroatoms. The van der Waals surface area contributed by atoms with Crippen molar-refractivity contribution in [3.63, 3.8) is 0 Å². The lowest BCUT2D eigenvalue weighted by Crippen LogP contribution is -2.18. The standard InChI is InChI=1S/C29H14F8N6O2S/c30-14-5-1-12(2-6-14)16-9-19(28(32,33)34)40-27-22(16)23(24(46-27)25(38)44)41-26(45)18-11-21-39-17(13-3-7-15(31)8-4-13)10-20(29(35,36)37)43(21)42-18/h1-11H,(H2,38,44)(H,41,45). The number of hydrogen-bond donors (Lipinski definition) is 2. The Morgan fingerprint density at radius 3 is 1.98 bits per heavy atom. The van der Waals surface area contributed by atoms with Gasteiger partial charge in [-0.05, 0) is 59.7 Å². The van der Waals surface area contributed by atoms with Crippen LogP contribution in [-0.4, -0.2) is 31.4 Å². The number of pyridine rings is 1. The van der Waals surface area contributed by atoms with E-state index in [4.69, 9.17) is 5.73 Å². The quantitative estimate of drug-likeness (QED) is 0.188. The molecular formula is C29H14F8N6O2S. The second kappa shape index (κ2) is 10.9. The zero-order valence-electron chi connectivity index (χ0n) is 22.5. The number of nitrogens with two attached hydrogens (primary N) is 1. The zero-order valence-corrected chi connectivity index (χ0v) is 23.3. The molecular weight excluding hydrogens is 648 g/mol. The lowest BCUT2D eigenvalue weighted by atomic mass is 10.0. The zero-order chi connectivity index (χ0) is 33.1. The van der Waals surface area contributed by atoms with E-state index in [0.29, 0.717) is 28.0 Å². The van der Waals surface area contributed by atoms with Gasteiger partial charge in [0.1, 0.15) is 27.0 Å². The number of alkyl halides is 6. The van der Waals surface area contributed by atoms with Gasteiger partial charge in [-0.2, -0.15) is 31.4 Å². The van der Waals surface area contributed by atoms with Crippen molar-refractivity contribution in [2.75, 3.05) is 5.32 Å². The number of rotatable bonds is 5. The summed E-state index contributed by atoms with van der Waals surface area (Å²) in [6.07, 6.45) is -9.92. The molecule has 0 bridgehead atoms. The largest absolute Gasteiger partial charge is 0.433 e. The third kappa shape index (κ3) is 5.60. The highest BCUT2D eigenvalue weighted by Gasteiger charge is 2.37. The van der Waals surface area contributed by atoms with Crippen LogP contribution in [0, 0.1) is 11.6 Å². The summed E-state index contributed by atoms with van der Waals surface area (Å²) < 4.78 is 111. The number of carbonyl (C=O) groups is 2. The summed E-state index contributed by atoms with van der Waals surface area (Å²) in [7, 11) is 0. The van der Waals surface area contributed by atoms with Gasteiger partial charge in [0, 0.05) is 17.0 Å². The lowest BCUT2D eigenvalue weighted by Gasteiger charge is -2.12. The monoisotopic (exact) mass is 662 g/mol. The second-order valence-electron chi connectivity index (χ2n) is 9.70. The van der Waals surface area contributed by atoms with E-state index in [0.717, 1.165) is 30.3 Å². The molecule has 6 aromatic rings. The van der Waals surface area contributed by atoms with E-state index in [1.807, 2.05) is 0 Å². The molecule has 2 aromatic carbocycles. The SMILES string of the molecule is NC(=O)c1sc2nc(C(F)(F)F)cc(-c3ccc(F)cc3)c2c1NC(=O)c1cc2nc(-c3ccc(F)cc3)cc(C(F)(F)F)n2n1. The van der Waals surface area contributed by atoms with Gasteiger partial charge in [-0.3, -0.25) is 9.59 Å². The number of carbonyl (C=O) groups excluding carboxylic acids is 2. The van der Waals surface area contributed by atoms with E-state index in [1.54, 1.807) is 0 Å². The maximum Gasteiger partial charge on any atom is 0.433 e. The summed E-state index contributed by atoms with van der Waals surface area (Å²) in [6, 6.07) is 11.0. The maximum absolute atomic E-state index is 14.0. The second-order valence-corrected chi connectivity index (χ2v) is 10.7. The number of aromatic nitrogens is 4. The minimum absolute atomic E-state index is 0.0590. The molecule has 0 fully saturated rings. The average Bonchev–Trinajstić information content (AvgIpc) is 3.58. The molecule has 46 heavy (non-hydrogen) atoms. The van der Waals surface area contributed by atoms with Crippen molar-refractivity contribution in [2.45, 2.75) is 12.4 Å². The van der Waals surface area contributed by atoms with Crippen molar-refractivity contribution in [2.24, 2.45) is 5.73 Å².